The van der Waals surface area contributed by atoms with E-state index in [1.54, 1.807) is 0 Å². The lowest BCUT2D eigenvalue weighted by atomic mass is 10.1. The zero-order valence-corrected chi connectivity index (χ0v) is 12.8. The van der Waals surface area contributed by atoms with Crippen LogP contribution >= 0.6 is 0 Å². The minimum Gasteiger partial charge on any atom is -0.271 e. The minimum absolute atomic E-state index is 0.636. The molecule has 0 atom stereocenters. The van der Waals surface area contributed by atoms with Gasteiger partial charge in [-0.3, -0.25) is 43.8 Å². The number of carbonyl (C=O) groups is 6. The minimum atomic E-state index is -1.74. The van der Waals surface area contributed by atoms with Crippen LogP contribution < -0.4 is 0 Å². The lowest BCUT2D eigenvalue weighted by Crippen LogP contribution is -2.61. The van der Waals surface area contributed by atoms with Crippen LogP contribution in [0.25, 0.3) is 0 Å². The van der Waals surface area contributed by atoms with Gasteiger partial charge in [-0.25, -0.2) is 9.59 Å². The summed E-state index contributed by atoms with van der Waals surface area (Å²) < 4.78 is 0. The highest BCUT2D eigenvalue weighted by molar-refractivity contribution is 6.68. The van der Waals surface area contributed by atoms with Crippen LogP contribution in [0.3, 0.4) is 0 Å². The second-order valence-electron chi connectivity index (χ2n) is 4.97. The molecule has 0 aromatic heterocycles. The summed E-state index contributed by atoms with van der Waals surface area (Å²) in [5.41, 5.74) is -0.725. The molecule has 23 heavy (non-hydrogen) atoms. The van der Waals surface area contributed by atoms with Crippen LogP contribution in [0.1, 0.15) is 0 Å². The van der Waals surface area contributed by atoms with Crippen molar-refractivity contribution in [1.29, 1.82) is 0 Å². The number of barbiturate groups is 2. The van der Waals surface area contributed by atoms with Crippen LogP contribution in [0.15, 0.2) is 4.99 Å². The molecule has 0 spiro atoms. The molecule has 2 heterocycles. The molecular weight excluding hydrogens is 310 g/mol. The van der Waals surface area contributed by atoms with Crippen LogP contribution in [0, 0.1) is 0 Å². The molecule has 11 nitrogen and oxygen atoms in total. The number of nitrogens with zero attached hydrogens (tertiary/aromatic N) is 5. The van der Waals surface area contributed by atoms with Crippen molar-refractivity contribution in [2.24, 2.45) is 4.99 Å². The molecule has 0 bridgehead atoms. The molecule has 0 saturated carbocycles. The summed E-state index contributed by atoms with van der Waals surface area (Å²) in [5, 5.41) is 0. The number of amides is 8. The highest BCUT2D eigenvalue weighted by Gasteiger charge is 2.46. The molecule has 8 amide bonds. The highest BCUT2D eigenvalue weighted by atomic mass is 16.2. The number of aliphatic imine (C=N–C) groups is 1. The van der Waals surface area contributed by atoms with E-state index in [2.05, 4.69) is 4.99 Å². The van der Waals surface area contributed by atoms with Gasteiger partial charge in [0.2, 0.25) is 6.04 Å². The molecule has 0 aliphatic carbocycles. The van der Waals surface area contributed by atoms with Crippen molar-refractivity contribution in [2.75, 3.05) is 28.2 Å². The fourth-order valence-corrected chi connectivity index (χ4v) is 2.04. The molecule has 2 saturated heterocycles. The third kappa shape index (κ3) is 2.25. The first kappa shape index (κ1) is 16.3. The smallest absolute Gasteiger partial charge is 0.271 e. The van der Waals surface area contributed by atoms with Gasteiger partial charge in [-0.15, -0.1) is 0 Å². The Morgan fingerprint density at radius 2 is 1.00 bits per heavy atom. The molecule has 2 aliphatic rings. The van der Waals surface area contributed by atoms with Crippen molar-refractivity contribution in [2.45, 2.75) is 6.04 Å². The largest absolute Gasteiger partial charge is 0.333 e. The number of hydrogen-bond donors (Lipinski definition) is 0. The van der Waals surface area contributed by atoms with Gasteiger partial charge in [0.05, 0.1) is 0 Å². The standard InChI is InChI=1S/C12H13N5O6/c1-14-7(18)5(8(19)15(2)11(14)22)13-6-9(20)16(3)12(23)17(4)10(6)21/h5H,1-4H3. The summed E-state index contributed by atoms with van der Waals surface area (Å²) in [4.78, 5) is 77.6. The summed E-state index contributed by atoms with van der Waals surface area (Å²) in [6, 6.07) is -3.44. The number of carbonyl (C=O) groups excluding carboxylic acids is 6. The van der Waals surface area contributed by atoms with E-state index in [1.165, 1.54) is 0 Å². The molecule has 0 N–H and O–H groups in total. The molecule has 0 radical (unpaired) electrons. The first-order valence-electron chi connectivity index (χ1n) is 6.36. The Morgan fingerprint density at radius 3 is 1.39 bits per heavy atom. The number of likely N-dealkylation sites (N-methyl/N-ethyl adjacent to an activating group) is 2. The van der Waals surface area contributed by atoms with Crippen molar-refractivity contribution in [3.8, 4) is 0 Å². The molecule has 2 fully saturated rings. The molecule has 11 heteroatoms. The maximum absolute atomic E-state index is 12.0. The van der Waals surface area contributed by atoms with E-state index in [4.69, 9.17) is 0 Å². The van der Waals surface area contributed by atoms with Gasteiger partial charge in [0.25, 0.3) is 23.6 Å². The summed E-state index contributed by atoms with van der Waals surface area (Å²) in [6.45, 7) is 0. The lowest BCUT2D eigenvalue weighted by Gasteiger charge is -2.32. The fourth-order valence-electron chi connectivity index (χ4n) is 2.04. The third-order valence-electron chi connectivity index (χ3n) is 3.55. The summed E-state index contributed by atoms with van der Waals surface area (Å²) in [5.74, 6) is -3.98. The van der Waals surface area contributed by atoms with E-state index < -0.39 is 47.4 Å². The second-order valence-corrected chi connectivity index (χ2v) is 4.97. The Kier molecular flexibility index (Phi) is 3.72. The van der Waals surface area contributed by atoms with Crippen molar-refractivity contribution >= 4 is 41.4 Å². The first-order chi connectivity index (χ1) is 10.6. The maximum atomic E-state index is 12.0. The van der Waals surface area contributed by atoms with Crippen LogP contribution in [0.5, 0.6) is 0 Å². The third-order valence-corrected chi connectivity index (χ3v) is 3.55. The maximum Gasteiger partial charge on any atom is 0.333 e. The average Bonchev–Trinajstić information content (AvgIpc) is 2.54. The Bertz CT molecular complexity index is 648. The monoisotopic (exact) mass is 323 g/mol. The number of hydrogen-bond acceptors (Lipinski definition) is 7. The topological polar surface area (TPSA) is 128 Å². The predicted molar refractivity (Wildman–Crippen MR) is 73.1 cm³/mol. The van der Waals surface area contributed by atoms with Gasteiger partial charge in [-0.05, 0) is 0 Å². The molecular formula is C12H13N5O6. The second kappa shape index (κ2) is 5.26. The van der Waals surface area contributed by atoms with E-state index in [0.29, 0.717) is 19.6 Å². The average molecular weight is 323 g/mol. The highest BCUT2D eigenvalue weighted by Crippen LogP contribution is 2.15. The van der Waals surface area contributed by atoms with Gasteiger partial charge >= 0.3 is 12.1 Å². The Hall–Kier alpha value is -3.11. The predicted octanol–water partition coefficient (Wildman–Crippen LogP) is -2.10. The Morgan fingerprint density at radius 1 is 0.652 bits per heavy atom. The van der Waals surface area contributed by atoms with Gasteiger partial charge in [0.1, 0.15) is 0 Å². The van der Waals surface area contributed by atoms with E-state index in [-0.39, 0.29) is 0 Å². The zero-order valence-electron chi connectivity index (χ0n) is 12.8. The van der Waals surface area contributed by atoms with E-state index >= 15 is 0 Å². The Labute approximate surface area is 130 Å². The molecule has 2 rings (SSSR count). The van der Waals surface area contributed by atoms with Crippen molar-refractivity contribution < 1.29 is 28.8 Å². The summed E-state index contributed by atoms with van der Waals surface area (Å²) in [6.07, 6.45) is 0. The van der Waals surface area contributed by atoms with E-state index in [0.717, 1.165) is 28.2 Å². The fraction of sp³-hybridized carbons (Fsp3) is 0.417. The van der Waals surface area contributed by atoms with E-state index in [9.17, 15) is 28.8 Å². The van der Waals surface area contributed by atoms with Gasteiger partial charge in [-0.1, -0.05) is 0 Å². The van der Waals surface area contributed by atoms with Crippen molar-refractivity contribution in [3.63, 3.8) is 0 Å². The van der Waals surface area contributed by atoms with Crippen LogP contribution in [-0.4, -0.2) is 95.2 Å². The van der Waals surface area contributed by atoms with Crippen LogP contribution in [-0.2, 0) is 19.2 Å². The van der Waals surface area contributed by atoms with E-state index in [1.807, 2.05) is 0 Å². The van der Waals surface area contributed by atoms with Crippen molar-refractivity contribution in [1.82, 2.24) is 19.6 Å². The molecule has 0 unspecified atom stereocenters. The van der Waals surface area contributed by atoms with Crippen LogP contribution in [0.2, 0.25) is 0 Å². The first-order valence-corrected chi connectivity index (χ1v) is 6.36. The zero-order chi connectivity index (χ0) is 17.6. The summed E-state index contributed by atoms with van der Waals surface area (Å²) >= 11 is 0. The summed E-state index contributed by atoms with van der Waals surface area (Å²) in [7, 11) is 4.56. The number of rotatable bonds is 1. The SMILES string of the molecule is CN1C(=O)C(=NC2C(=O)N(C)C(=O)N(C)C2=O)C(=O)N(C)C1=O. The number of imide groups is 4. The van der Waals surface area contributed by atoms with Gasteiger partial charge in [-0.2, -0.15) is 0 Å². The Balaban J connectivity index is 2.47. The normalized spacial score (nSPS) is 21.0. The van der Waals surface area contributed by atoms with Gasteiger partial charge in [0.15, 0.2) is 5.71 Å². The van der Waals surface area contributed by atoms with Crippen molar-refractivity contribution in [3.05, 3.63) is 0 Å². The quantitative estimate of drug-likeness (QED) is 0.508. The molecule has 0 aromatic carbocycles. The molecule has 122 valence electrons. The van der Waals surface area contributed by atoms with Gasteiger partial charge in [0, 0.05) is 28.2 Å². The number of urea groups is 2. The lowest BCUT2D eigenvalue weighted by molar-refractivity contribution is -0.142. The van der Waals surface area contributed by atoms with Gasteiger partial charge < -0.3 is 0 Å². The van der Waals surface area contributed by atoms with Crippen LogP contribution in [0.4, 0.5) is 9.59 Å². The molecule has 2 aliphatic heterocycles. The molecule has 0 aromatic rings.